The summed E-state index contributed by atoms with van der Waals surface area (Å²) in [6.07, 6.45) is 19.9. The summed E-state index contributed by atoms with van der Waals surface area (Å²) in [6.45, 7) is 4.44. The molecular formula is C22H42O3. The molecule has 0 aromatic rings. The molecule has 0 aromatic carbocycles. The van der Waals surface area contributed by atoms with Crippen molar-refractivity contribution < 1.29 is 14.3 Å². The van der Waals surface area contributed by atoms with Crippen molar-refractivity contribution in [3.8, 4) is 0 Å². The van der Waals surface area contributed by atoms with Crippen LogP contribution in [-0.2, 0) is 14.3 Å². The van der Waals surface area contributed by atoms with Crippen LogP contribution in [0.15, 0.2) is 0 Å². The van der Waals surface area contributed by atoms with Crippen molar-refractivity contribution in [2.24, 2.45) is 0 Å². The molecule has 0 aliphatic carbocycles. The molecule has 0 atom stereocenters. The molecule has 0 unspecified atom stereocenters. The van der Waals surface area contributed by atoms with Crippen LogP contribution in [0.2, 0.25) is 0 Å². The van der Waals surface area contributed by atoms with E-state index in [-0.39, 0.29) is 11.9 Å². The van der Waals surface area contributed by atoms with Crippen LogP contribution in [0.1, 0.15) is 129 Å². The lowest BCUT2D eigenvalue weighted by Gasteiger charge is -2.04. The second kappa shape index (κ2) is 19.5. The predicted octanol–water partition coefficient (Wildman–Crippen LogP) is 7.12. The maximum atomic E-state index is 11.6. The van der Waals surface area contributed by atoms with Crippen LogP contribution in [0.4, 0.5) is 0 Å². The van der Waals surface area contributed by atoms with E-state index in [1.165, 1.54) is 77.0 Å². The molecule has 0 aromatic heterocycles. The van der Waals surface area contributed by atoms with E-state index < -0.39 is 0 Å². The Balaban J connectivity index is 3.34. The smallest absolute Gasteiger partial charge is 0.313 e. The van der Waals surface area contributed by atoms with Crippen molar-refractivity contribution in [2.75, 3.05) is 0 Å². The van der Waals surface area contributed by atoms with E-state index in [2.05, 4.69) is 13.8 Å². The van der Waals surface area contributed by atoms with Gasteiger partial charge in [0.05, 0.1) is 0 Å². The largest absolute Gasteiger partial charge is 0.393 e. The fourth-order valence-corrected chi connectivity index (χ4v) is 3.04. The zero-order valence-corrected chi connectivity index (χ0v) is 17.0. The molecule has 0 amide bonds. The van der Waals surface area contributed by atoms with E-state index in [0.717, 1.165) is 25.7 Å². The summed E-state index contributed by atoms with van der Waals surface area (Å²) in [5.41, 5.74) is 0. The van der Waals surface area contributed by atoms with Crippen molar-refractivity contribution in [3.63, 3.8) is 0 Å². The number of carbonyl (C=O) groups is 2. The van der Waals surface area contributed by atoms with Crippen LogP contribution in [-0.4, -0.2) is 11.9 Å². The van der Waals surface area contributed by atoms with E-state index in [9.17, 15) is 9.59 Å². The molecule has 0 saturated heterocycles. The molecule has 0 fully saturated rings. The maximum Gasteiger partial charge on any atom is 0.313 e. The van der Waals surface area contributed by atoms with E-state index in [1.54, 1.807) is 0 Å². The second-order valence-corrected chi connectivity index (χ2v) is 7.30. The number of hydrogen-bond donors (Lipinski definition) is 0. The standard InChI is InChI=1S/C22H42O3/c1-3-5-7-9-11-12-14-16-18-20-22(24)25-21(23)19-17-15-13-10-8-6-4-2/h3-20H2,1-2H3. The third-order valence-corrected chi connectivity index (χ3v) is 4.70. The van der Waals surface area contributed by atoms with Gasteiger partial charge in [0, 0.05) is 12.8 Å². The molecular weight excluding hydrogens is 312 g/mol. The molecule has 0 saturated carbocycles. The molecule has 0 rings (SSSR count). The predicted molar refractivity (Wildman–Crippen MR) is 106 cm³/mol. The average Bonchev–Trinajstić information content (AvgIpc) is 2.59. The Morgan fingerprint density at radius 3 is 1.08 bits per heavy atom. The summed E-state index contributed by atoms with van der Waals surface area (Å²) in [5, 5.41) is 0. The van der Waals surface area contributed by atoms with Crippen molar-refractivity contribution in [1.29, 1.82) is 0 Å². The van der Waals surface area contributed by atoms with Gasteiger partial charge in [-0.2, -0.15) is 0 Å². The molecule has 3 nitrogen and oxygen atoms in total. The Hall–Kier alpha value is -0.860. The van der Waals surface area contributed by atoms with Gasteiger partial charge in [-0.15, -0.1) is 0 Å². The summed E-state index contributed by atoms with van der Waals surface area (Å²) in [7, 11) is 0. The Morgan fingerprint density at radius 1 is 0.480 bits per heavy atom. The minimum absolute atomic E-state index is 0.337. The van der Waals surface area contributed by atoms with E-state index in [1.807, 2.05) is 0 Å². The molecule has 0 heterocycles. The van der Waals surface area contributed by atoms with Crippen molar-refractivity contribution in [3.05, 3.63) is 0 Å². The third-order valence-electron chi connectivity index (χ3n) is 4.70. The highest BCUT2D eigenvalue weighted by molar-refractivity contribution is 5.85. The van der Waals surface area contributed by atoms with Crippen LogP contribution < -0.4 is 0 Å². The number of unbranched alkanes of at least 4 members (excludes halogenated alkanes) is 14. The van der Waals surface area contributed by atoms with E-state index in [4.69, 9.17) is 4.74 Å². The summed E-state index contributed by atoms with van der Waals surface area (Å²) in [6, 6.07) is 0. The highest BCUT2D eigenvalue weighted by Crippen LogP contribution is 2.12. The number of esters is 2. The van der Waals surface area contributed by atoms with E-state index in [0.29, 0.717) is 12.8 Å². The highest BCUT2D eigenvalue weighted by atomic mass is 16.6. The van der Waals surface area contributed by atoms with Crippen molar-refractivity contribution >= 4 is 11.9 Å². The van der Waals surface area contributed by atoms with Crippen molar-refractivity contribution in [1.82, 2.24) is 0 Å². The zero-order valence-electron chi connectivity index (χ0n) is 17.0. The van der Waals surface area contributed by atoms with Crippen LogP contribution in [0, 0.1) is 0 Å². The van der Waals surface area contributed by atoms with Gasteiger partial charge < -0.3 is 4.74 Å². The van der Waals surface area contributed by atoms with Gasteiger partial charge in [0.15, 0.2) is 0 Å². The molecule has 0 radical (unpaired) electrons. The summed E-state index contributed by atoms with van der Waals surface area (Å²) in [5.74, 6) is -0.676. The van der Waals surface area contributed by atoms with Gasteiger partial charge in [-0.05, 0) is 12.8 Å². The Kier molecular flexibility index (Phi) is 18.8. The lowest BCUT2D eigenvalue weighted by atomic mass is 10.1. The molecule has 25 heavy (non-hydrogen) atoms. The maximum absolute atomic E-state index is 11.6. The molecule has 0 spiro atoms. The fourth-order valence-electron chi connectivity index (χ4n) is 3.04. The van der Waals surface area contributed by atoms with Gasteiger partial charge in [-0.3, -0.25) is 9.59 Å². The van der Waals surface area contributed by atoms with Gasteiger partial charge in [0.1, 0.15) is 0 Å². The molecule has 0 aliphatic heterocycles. The topological polar surface area (TPSA) is 43.4 Å². The molecule has 0 aliphatic rings. The minimum atomic E-state index is -0.338. The lowest BCUT2D eigenvalue weighted by Crippen LogP contribution is -2.11. The van der Waals surface area contributed by atoms with Crippen molar-refractivity contribution in [2.45, 2.75) is 129 Å². The van der Waals surface area contributed by atoms with Gasteiger partial charge in [-0.1, -0.05) is 104 Å². The molecule has 148 valence electrons. The van der Waals surface area contributed by atoms with E-state index >= 15 is 0 Å². The first kappa shape index (κ1) is 24.1. The Labute approximate surface area is 156 Å². The number of rotatable bonds is 18. The first-order valence-corrected chi connectivity index (χ1v) is 10.9. The Morgan fingerprint density at radius 2 is 0.760 bits per heavy atom. The highest BCUT2D eigenvalue weighted by Gasteiger charge is 2.09. The molecule has 0 N–H and O–H groups in total. The summed E-state index contributed by atoms with van der Waals surface area (Å²) in [4.78, 5) is 23.2. The first-order valence-electron chi connectivity index (χ1n) is 10.9. The molecule has 0 bridgehead atoms. The van der Waals surface area contributed by atoms with Gasteiger partial charge >= 0.3 is 11.9 Å². The minimum Gasteiger partial charge on any atom is -0.393 e. The van der Waals surface area contributed by atoms with Crippen LogP contribution in [0.3, 0.4) is 0 Å². The van der Waals surface area contributed by atoms with Gasteiger partial charge in [0.2, 0.25) is 0 Å². The monoisotopic (exact) mass is 354 g/mol. The molecule has 3 heteroatoms. The normalized spacial score (nSPS) is 10.8. The number of carbonyl (C=O) groups excluding carboxylic acids is 2. The zero-order chi connectivity index (χ0) is 18.6. The van der Waals surface area contributed by atoms with Crippen LogP contribution in [0.25, 0.3) is 0 Å². The van der Waals surface area contributed by atoms with Crippen LogP contribution in [0.5, 0.6) is 0 Å². The van der Waals surface area contributed by atoms with Gasteiger partial charge in [-0.25, -0.2) is 0 Å². The number of ether oxygens (including phenoxy) is 1. The quantitative estimate of drug-likeness (QED) is 0.149. The first-order chi connectivity index (χ1) is 12.2. The summed E-state index contributed by atoms with van der Waals surface area (Å²) >= 11 is 0. The summed E-state index contributed by atoms with van der Waals surface area (Å²) < 4.78 is 4.89. The lowest BCUT2D eigenvalue weighted by molar-refractivity contribution is -0.159. The fraction of sp³-hybridized carbons (Fsp3) is 0.909. The second-order valence-electron chi connectivity index (χ2n) is 7.30. The SMILES string of the molecule is CCCCCCCCCCCC(=O)OC(=O)CCCCCCCCC. The van der Waals surface area contributed by atoms with Crippen LogP contribution >= 0.6 is 0 Å². The third kappa shape index (κ3) is 19.3. The Bertz CT molecular complexity index is 312. The van der Waals surface area contributed by atoms with Gasteiger partial charge in [0.25, 0.3) is 0 Å². The average molecular weight is 355 g/mol. The number of hydrogen-bond acceptors (Lipinski definition) is 3.